The van der Waals surface area contributed by atoms with Crippen molar-refractivity contribution in [3.63, 3.8) is 0 Å². The Labute approximate surface area is 555 Å². The first-order valence-electron chi connectivity index (χ1n) is 36.7. The summed E-state index contributed by atoms with van der Waals surface area (Å²) in [5.74, 6) is -0.526. The Kier molecular flexibility index (Phi) is 64.7. The van der Waals surface area contributed by atoms with Crippen LogP contribution in [0.5, 0.6) is 0 Å². The summed E-state index contributed by atoms with van der Waals surface area (Å²) in [4.78, 5) is 38.0. The van der Waals surface area contributed by atoms with Crippen molar-refractivity contribution in [3.8, 4) is 0 Å². The lowest BCUT2D eigenvalue weighted by atomic mass is 10.0. The number of allylic oxidation sites excluding steroid dienone is 23. The molecule has 0 rings (SSSR count). The number of phosphoric acid groups is 1. The Morgan fingerprint density at radius 1 is 0.400 bits per heavy atom. The van der Waals surface area contributed by atoms with Crippen molar-refractivity contribution >= 4 is 19.7 Å². The van der Waals surface area contributed by atoms with E-state index in [9.17, 15) is 19.0 Å². The van der Waals surface area contributed by atoms with Crippen LogP contribution in [-0.4, -0.2) is 74.3 Å². The number of unbranched alkanes of at least 4 members (excludes halogenated alkanes) is 27. The molecule has 90 heavy (non-hydrogen) atoms. The van der Waals surface area contributed by atoms with Crippen molar-refractivity contribution < 1.29 is 37.3 Å². The van der Waals surface area contributed by atoms with Crippen LogP contribution in [0.15, 0.2) is 146 Å². The van der Waals surface area contributed by atoms with Gasteiger partial charge in [0.05, 0.1) is 33.8 Å². The van der Waals surface area contributed by atoms with E-state index in [-0.39, 0.29) is 31.5 Å². The summed E-state index contributed by atoms with van der Waals surface area (Å²) in [7, 11) is 1.47. The van der Waals surface area contributed by atoms with Gasteiger partial charge in [0.2, 0.25) is 5.91 Å². The highest BCUT2D eigenvalue weighted by Crippen LogP contribution is 2.43. The highest BCUT2D eigenvalue weighted by atomic mass is 31.2. The number of carbonyl (C=O) groups excluding carboxylic acids is 2. The van der Waals surface area contributed by atoms with Crippen LogP contribution in [-0.2, 0) is 27.9 Å². The molecule has 0 aliphatic rings. The number of hydrogen-bond donors (Lipinski definition) is 2. The molecule has 0 spiro atoms. The van der Waals surface area contributed by atoms with Gasteiger partial charge in [-0.3, -0.25) is 18.6 Å². The van der Waals surface area contributed by atoms with Crippen LogP contribution < -0.4 is 5.32 Å². The van der Waals surface area contributed by atoms with E-state index in [4.69, 9.17) is 13.8 Å². The molecule has 0 radical (unpaired) electrons. The molecule has 0 aliphatic heterocycles. The molecule has 0 aromatic rings. The molecule has 10 heteroatoms. The zero-order chi connectivity index (χ0) is 65.6. The van der Waals surface area contributed by atoms with E-state index in [1.807, 2.05) is 33.3 Å². The number of rotatable bonds is 65. The van der Waals surface area contributed by atoms with Gasteiger partial charge >= 0.3 is 13.8 Å². The predicted molar refractivity (Wildman–Crippen MR) is 392 cm³/mol. The van der Waals surface area contributed by atoms with E-state index in [2.05, 4.69) is 160 Å². The zero-order valence-electron chi connectivity index (χ0n) is 58.8. The Morgan fingerprint density at radius 3 is 1.07 bits per heavy atom. The predicted octanol–water partition coefficient (Wildman–Crippen LogP) is 23.7. The molecule has 0 saturated carbocycles. The van der Waals surface area contributed by atoms with Gasteiger partial charge in [-0.15, -0.1) is 0 Å². The fraction of sp³-hybridized carbons (Fsp3) is 0.675. The standard InChI is InChI=1S/C80H137N2O7P/c1-7-10-13-16-19-22-25-28-30-32-34-36-38-40-41-43-44-46-48-50-52-54-57-60-63-66-69-72-79(83)81-77(76-88-90(85,86)87-75-74-82(4,5)6)78(71-68-65-62-59-56-27-24-21-18-15-12-9-3)89-80(84)73-70-67-64-61-58-55-53-51-49-47-45-42-39-37-35-33-31-29-26-23-20-17-14-11-8-2/h10-11,13-14,19-20,22-23,28-31,34-37,40-42,44-46,68,71,77-78H,7-9,12,15-18,21,24-27,32-33,38-39,43,47-67,69-70,72-76H2,1-6H3,(H-,81,83,85,86)/p+1/b13-10-,14-11-,22-19-,23-20-,30-28-,31-29-,36-34-,37-35-,41-40-,45-42-,46-44-,71-68+. The quantitative estimate of drug-likeness (QED) is 0.0205. The third kappa shape index (κ3) is 68.3. The first-order chi connectivity index (χ1) is 43.9. The van der Waals surface area contributed by atoms with E-state index in [1.54, 1.807) is 0 Å². The van der Waals surface area contributed by atoms with Crippen LogP contribution >= 0.6 is 7.82 Å². The zero-order valence-corrected chi connectivity index (χ0v) is 59.7. The molecule has 514 valence electrons. The van der Waals surface area contributed by atoms with Gasteiger partial charge in [0, 0.05) is 12.8 Å². The second kappa shape index (κ2) is 67.8. The third-order valence-corrected chi connectivity index (χ3v) is 16.5. The maximum atomic E-state index is 13.6. The van der Waals surface area contributed by atoms with Crippen LogP contribution in [0, 0.1) is 0 Å². The minimum absolute atomic E-state index is 0.0300. The molecule has 3 atom stereocenters. The molecular formula is C80H138N2O7P+. The van der Waals surface area contributed by atoms with Gasteiger partial charge in [-0.05, 0) is 128 Å². The maximum Gasteiger partial charge on any atom is 0.472 e. The topological polar surface area (TPSA) is 111 Å². The number of ether oxygens (including phenoxy) is 1. The van der Waals surface area contributed by atoms with Crippen LogP contribution in [0.4, 0.5) is 0 Å². The second-order valence-corrected chi connectivity index (χ2v) is 26.8. The number of likely N-dealkylation sites (N-methyl/N-ethyl adjacent to an activating group) is 1. The number of esters is 1. The largest absolute Gasteiger partial charge is 0.472 e. The minimum Gasteiger partial charge on any atom is -0.456 e. The normalized spacial score (nSPS) is 14.3. The number of phosphoric ester groups is 1. The first-order valence-corrected chi connectivity index (χ1v) is 38.2. The van der Waals surface area contributed by atoms with Gasteiger partial charge in [-0.25, -0.2) is 4.57 Å². The molecular weight excluding hydrogens is 1130 g/mol. The molecule has 0 aliphatic carbocycles. The lowest BCUT2D eigenvalue weighted by Crippen LogP contribution is -2.47. The number of nitrogens with one attached hydrogen (secondary N) is 1. The lowest BCUT2D eigenvalue weighted by molar-refractivity contribution is -0.870. The van der Waals surface area contributed by atoms with E-state index < -0.39 is 20.0 Å². The van der Waals surface area contributed by atoms with Gasteiger partial charge in [0.15, 0.2) is 0 Å². The molecule has 9 nitrogen and oxygen atoms in total. The summed E-state index contributed by atoms with van der Waals surface area (Å²) in [5.41, 5.74) is 0. The molecule has 0 aromatic heterocycles. The smallest absolute Gasteiger partial charge is 0.456 e. The van der Waals surface area contributed by atoms with Gasteiger partial charge in [-0.1, -0.05) is 302 Å². The molecule has 0 heterocycles. The molecule has 3 unspecified atom stereocenters. The number of carbonyl (C=O) groups is 2. The molecule has 1 amide bonds. The van der Waals surface area contributed by atoms with Crippen molar-refractivity contribution in [1.29, 1.82) is 0 Å². The van der Waals surface area contributed by atoms with Crippen molar-refractivity contribution in [2.45, 2.75) is 309 Å². The molecule has 0 bridgehead atoms. The Balaban J connectivity index is 5.09. The van der Waals surface area contributed by atoms with Gasteiger partial charge in [0.25, 0.3) is 0 Å². The first kappa shape index (κ1) is 85.9. The van der Waals surface area contributed by atoms with Gasteiger partial charge in [-0.2, -0.15) is 0 Å². The summed E-state index contributed by atoms with van der Waals surface area (Å²) >= 11 is 0. The van der Waals surface area contributed by atoms with Gasteiger partial charge in [0.1, 0.15) is 19.3 Å². The Hall–Kier alpha value is -4.11. The summed E-state index contributed by atoms with van der Waals surface area (Å²) in [6.45, 7) is 6.78. The number of quaternary nitrogens is 1. The average Bonchev–Trinajstić information content (AvgIpc) is 3.04. The third-order valence-electron chi connectivity index (χ3n) is 15.5. The lowest BCUT2D eigenvalue weighted by Gasteiger charge is -2.27. The summed E-state index contributed by atoms with van der Waals surface area (Å²) in [6.07, 6.45) is 98.6. The molecule has 2 N–H and O–H groups in total. The monoisotopic (exact) mass is 1270 g/mol. The summed E-state index contributed by atoms with van der Waals surface area (Å²) in [6, 6.07) is -0.868. The van der Waals surface area contributed by atoms with E-state index in [1.165, 1.54) is 109 Å². The van der Waals surface area contributed by atoms with Gasteiger partial charge < -0.3 is 19.4 Å². The van der Waals surface area contributed by atoms with Crippen LogP contribution in [0.3, 0.4) is 0 Å². The highest BCUT2D eigenvalue weighted by Gasteiger charge is 2.30. The maximum absolute atomic E-state index is 13.6. The van der Waals surface area contributed by atoms with E-state index in [0.29, 0.717) is 17.4 Å². The SMILES string of the molecule is CC/C=C\C/C=C\C/C=C\C/C=C\C/C=C\C/C=C\CCCCCCCCCCC(=O)NC(COP(=O)(O)OCC[N+](C)(C)C)C(/C=C/CCCCCCCCCCCC)OC(=O)CCCCCCCCCCC/C=C\C/C=C\C/C=C\C/C=C\C/C=C\CC. The fourth-order valence-corrected chi connectivity index (χ4v) is 10.7. The Bertz CT molecular complexity index is 2050. The Morgan fingerprint density at radius 2 is 0.711 bits per heavy atom. The van der Waals surface area contributed by atoms with E-state index >= 15 is 0 Å². The average molecular weight is 1270 g/mol. The molecule has 0 aromatic carbocycles. The molecule has 0 saturated heterocycles. The highest BCUT2D eigenvalue weighted by molar-refractivity contribution is 7.47. The van der Waals surface area contributed by atoms with Crippen LogP contribution in [0.25, 0.3) is 0 Å². The van der Waals surface area contributed by atoms with Crippen molar-refractivity contribution in [2.75, 3.05) is 40.9 Å². The summed E-state index contributed by atoms with van der Waals surface area (Å²) in [5, 5.41) is 3.07. The van der Waals surface area contributed by atoms with Crippen LogP contribution in [0.1, 0.15) is 297 Å². The van der Waals surface area contributed by atoms with Crippen molar-refractivity contribution in [3.05, 3.63) is 146 Å². The van der Waals surface area contributed by atoms with E-state index in [0.717, 1.165) is 154 Å². The molecule has 0 fully saturated rings. The van der Waals surface area contributed by atoms with Crippen LogP contribution in [0.2, 0.25) is 0 Å². The van der Waals surface area contributed by atoms with Crippen molar-refractivity contribution in [2.24, 2.45) is 0 Å². The number of hydrogen-bond acceptors (Lipinski definition) is 6. The number of amides is 1. The second-order valence-electron chi connectivity index (χ2n) is 25.3. The summed E-state index contributed by atoms with van der Waals surface area (Å²) < 4.78 is 30.9. The van der Waals surface area contributed by atoms with Crippen molar-refractivity contribution in [1.82, 2.24) is 5.32 Å². The fourth-order valence-electron chi connectivity index (χ4n) is 9.97. The number of nitrogens with zero attached hydrogens (tertiary/aromatic N) is 1. The minimum atomic E-state index is -4.47.